The number of pyridine rings is 1. The van der Waals surface area contributed by atoms with Crippen molar-refractivity contribution in [1.29, 1.82) is 0 Å². The Bertz CT molecular complexity index is 568. The molecule has 18 heavy (non-hydrogen) atoms. The lowest BCUT2D eigenvalue weighted by atomic mass is 9.93. The third-order valence-electron chi connectivity index (χ3n) is 3.35. The van der Waals surface area contributed by atoms with E-state index in [0.717, 1.165) is 23.1 Å². The van der Waals surface area contributed by atoms with Crippen LogP contribution in [0.2, 0.25) is 0 Å². The number of anilines is 2. The number of para-hydroxylation sites is 1. The molecule has 3 heteroatoms. The molecular weight excluding hydrogens is 288 g/mol. The van der Waals surface area contributed by atoms with E-state index < -0.39 is 0 Å². The van der Waals surface area contributed by atoms with E-state index in [9.17, 15) is 0 Å². The van der Waals surface area contributed by atoms with Crippen LogP contribution in [0.1, 0.15) is 12.5 Å². The minimum Gasteiger partial charge on any atom is -0.340 e. The molecule has 0 saturated carbocycles. The van der Waals surface area contributed by atoms with Crippen LogP contribution in [-0.4, -0.2) is 11.5 Å². The smallest absolute Gasteiger partial charge is 0.0608 e. The summed E-state index contributed by atoms with van der Waals surface area (Å²) in [6.07, 6.45) is 4.91. The molecule has 2 aromatic rings. The van der Waals surface area contributed by atoms with Crippen LogP contribution >= 0.6 is 15.9 Å². The molecule has 1 aromatic heterocycles. The molecule has 0 fully saturated rings. The minimum atomic E-state index is 0.666. The Morgan fingerprint density at radius 3 is 2.94 bits per heavy atom. The number of fused-ring (bicyclic) bond motifs is 1. The van der Waals surface area contributed by atoms with Crippen molar-refractivity contribution in [3.63, 3.8) is 0 Å². The summed E-state index contributed by atoms with van der Waals surface area (Å²) in [7, 11) is 0. The Balaban J connectivity index is 2.07. The number of hydrogen-bond acceptors (Lipinski definition) is 2. The van der Waals surface area contributed by atoms with Crippen LogP contribution in [0.25, 0.3) is 0 Å². The summed E-state index contributed by atoms with van der Waals surface area (Å²) in [5, 5.41) is 0. The van der Waals surface area contributed by atoms with Gasteiger partial charge in [0.15, 0.2) is 0 Å². The number of nitrogens with zero attached hydrogens (tertiary/aromatic N) is 2. The first-order chi connectivity index (χ1) is 8.74. The van der Waals surface area contributed by atoms with Crippen LogP contribution < -0.4 is 4.90 Å². The van der Waals surface area contributed by atoms with Gasteiger partial charge in [-0.15, -0.1) is 0 Å². The van der Waals surface area contributed by atoms with Crippen LogP contribution in [-0.2, 0) is 6.42 Å². The zero-order chi connectivity index (χ0) is 12.5. The van der Waals surface area contributed by atoms with Crippen LogP contribution in [0.3, 0.4) is 0 Å². The summed E-state index contributed by atoms with van der Waals surface area (Å²) in [5.41, 5.74) is 3.90. The number of halogens is 1. The normalized spacial score (nSPS) is 18.6. The van der Waals surface area contributed by atoms with Crippen LogP contribution in [0, 0.1) is 5.92 Å². The predicted molar refractivity (Wildman–Crippen MR) is 78.3 cm³/mol. The van der Waals surface area contributed by atoms with Gasteiger partial charge in [-0.2, -0.15) is 0 Å². The van der Waals surface area contributed by atoms with Gasteiger partial charge >= 0.3 is 0 Å². The van der Waals surface area contributed by atoms with Crippen molar-refractivity contribution >= 4 is 27.3 Å². The van der Waals surface area contributed by atoms with E-state index in [1.807, 2.05) is 12.4 Å². The van der Waals surface area contributed by atoms with Gasteiger partial charge in [-0.25, -0.2) is 0 Å². The number of benzene rings is 1. The van der Waals surface area contributed by atoms with Gasteiger partial charge in [0.2, 0.25) is 0 Å². The van der Waals surface area contributed by atoms with Gasteiger partial charge < -0.3 is 4.90 Å². The van der Waals surface area contributed by atoms with Crippen LogP contribution in [0.5, 0.6) is 0 Å². The summed E-state index contributed by atoms with van der Waals surface area (Å²) in [5.74, 6) is 0.666. The molecular formula is C15H15BrN2. The van der Waals surface area contributed by atoms with Gasteiger partial charge in [0.05, 0.1) is 11.9 Å². The van der Waals surface area contributed by atoms with E-state index in [1.54, 1.807) is 0 Å². The molecule has 92 valence electrons. The van der Waals surface area contributed by atoms with Gasteiger partial charge in [0.25, 0.3) is 0 Å². The monoisotopic (exact) mass is 302 g/mol. The van der Waals surface area contributed by atoms with E-state index in [4.69, 9.17) is 0 Å². The van der Waals surface area contributed by atoms with E-state index in [2.05, 4.69) is 63.1 Å². The van der Waals surface area contributed by atoms with Crippen molar-refractivity contribution in [2.24, 2.45) is 5.92 Å². The first-order valence-corrected chi connectivity index (χ1v) is 6.99. The minimum absolute atomic E-state index is 0.666. The highest BCUT2D eigenvalue weighted by Gasteiger charge is 2.22. The molecule has 3 rings (SSSR count). The molecule has 1 aromatic carbocycles. The predicted octanol–water partition coefficient (Wildman–Crippen LogP) is 4.17. The Kier molecular flexibility index (Phi) is 3.08. The molecule has 0 radical (unpaired) electrons. The summed E-state index contributed by atoms with van der Waals surface area (Å²) >= 11 is 3.49. The number of rotatable bonds is 1. The maximum atomic E-state index is 4.27. The molecule has 0 N–H and O–H groups in total. The lowest BCUT2D eigenvalue weighted by molar-refractivity contribution is 0.562. The third kappa shape index (κ3) is 2.15. The zero-order valence-electron chi connectivity index (χ0n) is 10.3. The highest BCUT2D eigenvalue weighted by atomic mass is 79.9. The molecule has 1 aliphatic heterocycles. The van der Waals surface area contributed by atoms with Crippen LogP contribution in [0.15, 0.2) is 47.2 Å². The SMILES string of the molecule is CC1Cc2ccccc2N(c2cncc(Br)c2)C1. The molecule has 2 heterocycles. The van der Waals surface area contributed by atoms with Crippen molar-refractivity contribution in [2.45, 2.75) is 13.3 Å². The maximum Gasteiger partial charge on any atom is 0.0608 e. The van der Waals surface area contributed by atoms with E-state index >= 15 is 0 Å². The second-order valence-corrected chi connectivity index (χ2v) is 5.83. The summed E-state index contributed by atoms with van der Waals surface area (Å²) in [4.78, 5) is 6.63. The average molecular weight is 303 g/mol. The van der Waals surface area contributed by atoms with E-state index in [-0.39, 0.29) is 0 Å². The van der Waals surface area contributed by atoms with Gasteiger partial charge in [-0.1, -0.05) is 25.1 Å². The quantitative estimate of drug-likeness (QED) is 0.786. The first-order valence-electron chi connectivity index (χ1n) is 6.20. The Morgan fingerprint density at radius 2 is 2.11 bits per heavy atom. The molecule has 2 nitrogen and oxygen atoms in total. The van der Waals surface area contributed by atoms with Crippen molar-refractivity contribution in [3.8, 4) is 0 Å². The maximum absolute atomic E-state index is 4.27. The van der Waals surface area contributed by atoms with Crippen molar-refractivity contribution in [1.82, 2.24) is 4.98 Å². The fourth-order valence-corrected chi connectivity index (χ4v) is 2.94. The van der Waals surface area contributed by atoms with E-state index in [0.29, 0.717) is 5.92 Å². The second kappa shape index (κ2) is 4.73. The van der Waals surface area contributed by atoms with Crippen molar-refractivity contribution in [3.05, 3.63) is 52.8 Å². The third-order valence-corrected chi connectivity index (χ3v) is 3.78. The first kappa shape index (κ1) is 11.7. The highest BCUT2D eigenvalue weighted by Crippen LogP contribution is 2.35. The number of hydrogen-bond donors (Lipinski definition) is 0. The van der Waals surface area contributed by atoms with Gasteiger partial charge in [0, 0.05) is 22.9 Å². The summed E-state index contributed by atoms with van der Waals surface area (Å²) in [6.45, 7) is 3.35. The molecule has 0 aliphatic carbocycles. The number of aromatic nitrogens is 1. The van der Waals surface area contributed by atoms with Crippen molar-refractivity contribution in [2.75, 3.05) is 11.4 Å². The molecule has 0 amide bonds. The fourth-order valence-electron chi connectivity index (χ4n) is 2.59. The lowest BCUT2D eigenvalue weighted by Crippen LogP contribution is -2.30. The molecule has 0 bridgehead atoms. The molecule has 1 atom stereocenters. The molecule has 1 aliphatic rings. The van der Waals surface area contributed by atoms with Gasteiger partial charge in [-0.05, 0) is 46.0 Å². The Morgan fingerprint density at radius 1 is 1.28 bits per heavy atom. The average Bonchev–Trinajstić information content (AvgIpc) is 2.37. The molecule has 0 spiro atoms. The lowest BCUT2D eigenvalue weighted by Gasteiger charge is -2.34. The van der Waals surface area contributed by atoms with Gasteiger partial charge in [0.1, 0.15) is 0 Å². The Labute approximate surface area is 116 Å². The topological polar surface area (TPSA) is 16.1 Å². The van der Waals surface area contributed by atoms with Crippen molar-refractivity contribution < 1.29 is 0 Å². The molecule has 0 saturated heterocycles. The fraction of sp³-hybridized carbons (Fsp3) is 0.267. The largest absolute Gasteiger partial charge is 0.340 e. The summed E-state index contributed by atoms with van der Waals surface area (Å²) in [6, 6.07) is 10.8. The van der Waals surface area contributed by atoms with Gasteiger partial charge in [-0.3, -0.25) is 4.98 Å². The standard InChI is InChI=1S/C15H15BrN2/c1-11-6-12-4-2-3-5-15(12)18(10-11)14-7-13(16)8-17-9-14/h2-5,7-9,11H,6,10H2,1H3. The Hall–Kier alpha value is -1.35. The highest BCUT2D eigenvalue weighted by molar-refractivity contribution is 9.10. The summed E-state index contributed by atoms with van der Waals surface area (Å²) < 4.78 is 1.02. The zero-order valence-corrected chi connectivity index (χ0v) is 11.9. The van der Waals surface area contributed by atoms with E-state index in [1.165, 1.54) is 11.3 Å². The van der Waals surface area contributed by atoms with Crippen LogP contribution in [0.4, 0.5) is 11.4 Å². The molecule has 1 unspecified atom stereocenters. The second-order valence-electron chi connectivity index (χ2n) is 4.91.